The SMILES string of the molecule is C=CN1N(C)CC12CCC(C)(/C(C)=C/C=C(C)C)CC2. The van der Waals surface area contributed by atoms with Crippen LogP contribution in [-0.2, 0) is 0 Å². The monoisotopic (exact) mass is 274 g/mol. The first-order chi connectivity index (χ1) is 9.33. The minimum Gasteiger partial charge on any atom is -0.306 e. The molecule has 0 radical (unpaired) electrons. The summed E-state index contributed by atoms with van der Waals surface area (Å²) in [5.41, 5.74) is 3.65. The van der Waals surface area contributed by atoms with Crippen LogP contribution in [0.3, 0.4) is 0 Å². The van der Waals surface area contributed by atoms with Gasteiger partial charge in [0.15, 0.2) is 0 Å². The van der Waals surface area contributed by atoms with Crippen LogP contribution in [-0.4, -0.2) is 29.1 Å². The molecule has 0 aromatic carbocycles. The van der Waals surface area contributed by atoms with Crippen molar-refractivity contribution < 1.29 is 0 Å². The van der Waals surface area contributed by atoms with Gasteiger partial charge in [0.2, 0.25) is 0 Å². The number of allylic oxidation sites excluding steroid dienone is 4. The Bertz CT molecular complexity index is 432. The van der Waals surface area contributed by atoms with E-state index >= 15 is 0 Å². The van der Waals surface area contributed by atoms with Crippen molar-refractivity contribution in [3.63, 3.8) is 0 Å². The Labute approximate surface area is 124 Å². The number of nitrogens with zero attached hydrogens (tertiary/aromatic N) is 2. The van der Waals surface area contributed by atoms with E-state index in [2.05, 4.69) is 63.5 Å². The van der Waals surface area contributed by atoms with E-state index in [1.807, 2.05) is 6.20 Å². The Balaban J connectivity index is 2.05. The Hall–Kier alpha value is -1.02. The highest BCUT2D eigenvalue weighted by atomic mass is 15.7. The first-order valence-electron chi connectivity index (χ1n) is 7.78. The zero-order valence-electron chi connectivity index (χ0n) is 13.9. The van der Waals surface area contributed by atoms with Crippen LogP contribution >= 0.6 is 0 Å². The van der Waals surface area contributed by atoms with E-state index in [9.17, 15) is 0 Å². The second-order valence-corrected chi connectivity index (χ2v) is 7.22. The molecule has 0 atom stereocenters. The van der Waals surface area contributed by atoms with Gasteiger partial charge in [-0.2, -0.15) is 0 Å². The van der Waals surface area contributed by atoms with Crippen molar-refractivity contribution in [2.45, 2.75) is 58.9 Å². The minimum atomic E-state index is 0.368. The second-order valence-electron chi connectivity index (χ2n) is 7.22. The molecule has 0 aromatic rings. The number of hydrazine groups is 1. The number of hydrogen-bond donors (Lipinski definition) is 0. The fourth-order valence-electron chi connectivity index (χ4n) is 3.73. The predicted octanol–water partition coefficient (Wildman–Crippen LogP) is 4.52. The molecule has 2 nitrogen and oxygen atoms in total. The molecule has 2 rings (SSSR count). The van der Waals surface area contributed by atoms with Gasteiger partial charge in [-0.25, -0.2) is 5.01 Å². The molecule has 1 saturated carbocycles. The van der Waals surface area contributed by atoms with Crippen LogP contribution in [0.2, 0.25) is 0 Å². The molecule has 1 heterocycles. The van der Waals surface area contributed by atoms with Gasteiger partial charge >= 0.3 is 0 Å². The molecule has 2 heteroatoms. The third-order valence-corrected chi connectivity index (χ3v) is 5.45. The van der Waals surface area contributed by atoms with Gasteiger partial charge in [0.1, 0.15) is 0 Å². The van der Waals surface area contributed by atoms with Crippen LogP contribution in [0.1, 0.15) is 53.4 Å². The molecular weight excluding hydrogens is 244 g/mol. The normalized spacial score (nSPS) is 34.9. The lowest BCUT2D eigenvalue weighted by molar-refractivity contribution is -0.191. The van der Waals surface area contributed by atoms with E-state index in [-0.39, 0.29) is 0 Å². The summed E-state index contributed by atoms with van der Waals surface area (Å²) in [6.45, 7) is 14.2. The minimum absolute atomic E-state index is 0.368. The van der Waals surface area contributed by atoms with Crippen molar-refractivity contribution in [2.75, 3.05) is 13.6 Å². The summed E-state index contributed by atoms with van der Waals surface area (Å²) >= 11 is 0. The van der Waals surface area contributed by atoms with Crippen molar-refractivity contribution in [3.8, 4) is 0 Å². The van der Waals surface area contributed by atoms with Crippen LogP contribution in [0.4, 0.5) is 0 Å². The molecular formula is C18H30N2. The zero-order chi connectivity index (χ0) is 15.0. The second kappa shape index (κ2) is 5.40. The van der Waals surface area contributed by atoms with E-state index in [4.69, 9.17) is 0 Å². The van der Waals surface area contributed by atoms with Gasteiger partial charge in [0.25, 0.3) is 0 Å². The maximum Gasteiger partial charge on any atom is 0.0704 e. The van der Waals surface area contributed by atoms with Gasteiger partial charge in [0.05, 0.1) is 5.54 Å². The third-order valence-electron chi connectivity index (χ3n) is 5.45. The molecule has 1 spiro atoms. The van der Waals surface area contributed by atoms with Gasteiger partial charge in [-0.3, -0.25) is 0 Å². The lowest BCUT2D eigenvalue weighted by atomic mass is 9.64. The first kappa shape index (κ1) is 15.4. The fraction of sp³-hybridized carbons (Fsp3) is 0.667. The molecule has 112 valence electrons. The number of likely N-dealkylation sites (N-methyl/N-ethyl adjacent to an activating group) is 1. The Kier molecular flexibility index (Phi) is 4.15. The summed E-state index contributed by atoms with van der Waals surface area (Å²) < 4.78 is 0. The van der Waals surface area contributed by atoms with E-state index < -0.39 is 0 Å². The summed E-state index contributed by atoms with van der Waals surface area (Å²) in [6.07, 6.45) is 11.7. The highest BCUT2D eigenvalue weighted by Crippen LogP contribution is 2.50. The van der Waals surface area contributed by atoms with Gasteiger partial charge in [0, 0.05) is 19.8 Å². The molecule has 0 aromatic heterocycles. The molecule has 2 aliphatic rings. The van der Waals surface area contributed by atoms with Gasteiger partial charge in [-0.15, -0.1) is 0 Å². The van der Waals surface area contributed by atoms with Crippen molar-refractivity contribution >= 4 is 0 Å². The molecule has 0 N–H and O–H groups in total. The Morgan fingerprint density at radius 3 is 2.10 bits per heavy atom. The quantitative estimate of drug-likeness (QED) is 0.698. The highest BCUT2D eigenvalue weighted by Gasteiger charge is 2.51. The fourth-order valence-corrected chi connectivity index (χ4v) is 3.73. The van der Waals surface area contributed by atoms with Crippen molar-refractivity contribution in [1.82, 2.24) is 10.0 Å². The topological polar surface area (TPSA) is 6.48 Å². The summed E-state index contributed by atoms with van der Waals surface area (Å²) in [6, 6.07) is 0. The van der Waals surface area contributed by atoms with Crippen molar-refractivity contribution in [2.24, 2.45) is 5.41 Å². The smallest absolute Gasteiger partial charge is 0.0704 e. The molecule has 0 amide bonds. The van der Waals surface area contributed by atoms with Crippen LogP contribution in [0.5, 0.6) is 0 Å². The summed E-state index contributed by atoms with van der Waals surface area (Å²) in [7, 11) is 2.15. The van der Waals surface area contributed by atoms with Gasteiger partial charge in [-0.05, 0) is 51.9 Å². The van der Waals surface area contributed by atoms with E-state index in [0.717, 1.165) is 0 Å². The largest absolute Gasteiger partial charge is 0.306 e. The summed E-state index contributed by atoms with van der Waals surface area (Å²) in [5, 5.41) is 4.63. The maximum absolute atomic E-state index is 3.97. The Morgan fingerprint density at radius 2 is 1.65 bits per heavy atom. The third kappa shape index (κ3) is 2.58. The first-order valence-corrected chi connectivity index (χ1v) is 7.78. The van der Waals surface area contributed by atoms with E-state index in [1.54, 1.807) is 0 Å². The summed E-state index contributed by atoms with van der Waals surface area (Å²) in [5.74, 6) is 0. The lowest BCUT2D eigenvalue weighted by Gasteiger charge is -2.62. The molecule has 1 aliphatic carbocycles. The van der Waals surface area contributed by atoms with Crippen molar-refractivity contribution in [3.05, 3.63) is 36.1 Å². The number of hydrogen-bond acceptors (Lipinski definition) is 2. The van der Waals surface area contributed by atoms with E-state index in [1.165, 1.54) is 43.4 Å². The number of rotatable bonds is 3. The maximum atomic E-state index is 3.97. The van der Waals surface area contributed by atoms with Crippen LogP contribution in [0.25, 0.3) is 0 Å². The highest BCUT2D eigenvalue weighted by molar-refractivity contribution is 5.22. The van der Waals surface area contributed by atoms with E-state index in [0.29, 0.717) is 11.0 Å². The standard InChI is InChI=1S/C18H30N2/c1-7-20-18(14-19(20)6)12-10-17(5,11-13-18)16(4)9-8-15(2)3/h7-9H,1,10-14H2,2-6H3/b16-9+. The Morgan fingerprint density at radius 1 is 1.05 bits per heavy atom. The molecule has 20 heavy (non-hydrogen) atoms. The summed E-state index contributed by atoms with van der Waals surface area (Å²) in [4.78, 5) is 0. The molecule has 0 unspecified atom stereocenters. The molecule has 1 aliphatic heterocycles. The zero-order valence-corrected chi connectivity index (χ0v) is 13.9. The molecule has 0 bridgehead atoms. The average Bonchev–Trinajstić information content (AvgIpc) is 2.39. The van der Waals surface area contributed by atoms with Crippen molar-refractivity contribution in [1.29, 1.82) is 0 Å². The lowest BCUT2D eigenvalue weighted by Crippen LogP contribution is -2.70. The molecule has 2 fully saturated rings. The van der Waals surface area contributed by atoms with Crippen LogP contribution in [0, 0.1) is 5.41 Å². The average molecular weight is 274 g/mol. The van der Waals surface area contributed by atoms with Gasteiger partial charge in [-0.1, -0.05) is 36.8 Å². The van der Waals surface area contributed by atoms with Crippen LogP contribution in [0.15, 0.2) is 36.1 Å². The van der Waals surface area contributed by atoms with Gasteiger partial charge < -0.3 is 5.01 Å². The predicted molar refractivity (Wildman–Crippen MR) is 87.2 cm³/mol. The molecule has 1 saturated heterocycles. The van der Waals surface area contributed by atoms with Crippen LogP contribution < -0.4 is 0 Å².